The van der Waals surface area contributed by atoms with Gasteiger partial charge in [-0.15, -0.1) is 0 Å². The van der Waals surface area contributed by atoms with Gasteiger partial charge in [0.05, 0.1) is 0 Å². The van der Waals surface area contributed by atoms with E-state index in [1.807, 2.05) is 0 Å². The summed E-state index contributed by atoms with van der Waals surface area (Å²) in [5, 5.41) is 0. The van der Waals surface area contributed by atoms with Gasteiger partial charge in [-0.1, -0.05) is 34.1 Å². The number of fused-ring (bicyclic) bond motifs is 1. The Kier molecular flexibility index (Phi) is 3.27. The smallest absolute Gasteiger partial charge is 0.0297 e. The molecule has 0 aromatic heterocycles. The van der Waals surface area contributed by atoms with Crippen molar-refractivity contribution in [3.63, 3.8) is 0 Å². The molecule has 0 aromatic carbocycles. The molecule has 6 atom stereocenters. The van der Waals surface area contributed by atoms with Crippen LogP contribution in [0.15, 0.2) is 0 Å². The molecule has 3 aliphatic carbocycles. The first kappa shape index (κ1) is 13.0. The van der Waals surface area contributed by atoms with E-state index < -0.39 is 0 Å². The Balaban J connectivity index is 1.59. The molecule has 3 fully saturated rings. The lowest BCUT2D eigenvalue weighted by atomic mass is 9.49. The van der Waals surface area contributed by atoms with Crippen LogP contribution in [0.2, 0.25) is 0 Å². The van der Waals surface area contributed by atoms with Gasteiger partial charge >= 0.3 is 0 Å². The molecule has 0 heterocycles. The summed E-state index contributed by atoms with van der Waals surface area (Å²) in [5.74, 6) is 6.44. The monoisotopic (exact) mass is 248 g/mol. The van der Waals surface area contributed by atoms with Gasteiger partial charge in [0.1, 0.15) is 0 Å². The van der Waals surface area contributed by atoms with Crippen LogP contribution in [0.1, 0.15) is 72.6 Å². The first-order valence-corrected chi connectivity index (χ1v) is 8.51. The van der Waals surface area contributed by atoms with Gasteiger partial charge in [-0.05, 0) is 79.4 Å². The summed E-state index contributed by atoms with van der Waals surface area (Å²) >= 11 is 0. The molecule has 0 nitrogen and oxygen atoms in total. The molecule has 0 saturated heterocycles. The Morgan fingerprint density at radius 2 is 1.83 bits per heavy atom. The molecule has 0 amide bonds. The van der Waals surface area contributed by atoms with Crippen molar-refractivity contribution in [1.82, 2.24) is 0 Å². The molecule has 0 radical (unpaired) electrons. The summed E-state index contributed by atoms with van der Waals surface area (Å²) in [4.78, 5) is 0. The topological polar surface area (TPSA) is 0 Å². The average molecular weight is 248 g/mol. The highest BCUT2D eigenvalue weighted by molar-refractivity contribution is 5.04. The molecule has 0 aromatic rings. The maximum absolute atomic E-state index is 2.59. The van der Waals surface area contributed by atoms with Crippen molar-refractivity contribution in [2.75, 3.05) is 0 Å². The predicted molar refractivity (Wildman–Crippen MR) is 78.4 cm³/mol. The second kappa shape index (κ2) is 4.53. The fraction of sp³-hybridized carbons (Fsp3) is 1.00. The Hall–Kier alpha value is 0. The van der Waals surface area contributed by atoms with Crippen LogP contribution < -0.4 is 0 Å². The van der Waals surface area contributed by atoms with E-state index in [9.17, 15) is 0 Å². The van der Waals surface area contributed by atoms with Crippen molar-refractivity contribution in [3.05, 3.63) is 0 Å². The van der Waals surface area contributed by atoms with E-state index in [0.717, 1.165) is 23.7 Å². The standard InChI is InChI=1S/C18H32/c1-12(2)7-9-18(4)10-8-15(13(18)3)17-11-14-5-6-16(14)17/h12-17H,5-11H2,1-4H3. The molecule has 104 valence electrons. The minimum absolute atomic E-state index is 0.670. The van der Waals surface area contributed by atoms with Gasteiger partial charge in [0.2, 0.25) is 0 Å². The SMILES string of the molecule is CC(C)CCC1(C)CCC(C2CC3CCC32)C1C. The second-order valence-corrected chi connectivity index (χ2v) is 8.48. The molecule has 3 aliphatic rings. The zero-order valence-electron chi connectivity index (χ0n) is 12.9. The van der Waals surface area contributed by atoms with Crippen LogP contribution >= 0.6 is 0 Å². The molecule has 0 N–H and O–H groups in total. The normalized spacial score (nSPS) is 50.8. The maximum atomic E-state index is 2.59. The lowest BCUT2D eigenvalue weighted by molar-refractivity contribution is -0.0715. The van der Waals surface area contributed by atoms with Crippen molar-refractivity contribution in [1.29, 1.82) is 0 Å². The van der Waals surface area contributed by atoms with E-state index in [0.29, 0.717) is 5.41 Å². The Labute approximate surface area is 114 Å². The molecule has 0 aliphatic heterocycles. The zero-order chi connectivity index (χ0) is 12.9. The summed E-state index contributed by atoms with van der Waals surface area (Å²) in [5.41, 5.74) is 0.670. The van der Waals surface area contributed by atoms with Crippen LogP contribution in [0.25, 0.3) is 0 Å². The highest BCUT2D eigenvalue weighted by Gasteiger charge is 2.54. The fourth-order valence-electron chi connectivity index (χ4n) is 5.32. The highest BCUT2D eigenvalue weighted by Crippen LogP contribution is 2.63. The van der Waals surface area contributed by atoms with Crippen LogP contribution in [0, 0.1) is 40.9 Å². The van der Waals surface area contributed by atoms with Crippen molar-refractivity contribution in [2.45, 2.75) is 72.6 Å². The lowest BCUT2D eigenvalue weighted by Crippen LogP contribution is -2.48. The third kappa shape index (κ3) is 1.95. The maximum Gasteiger partial charge on any atom is -0.0297 e. The summed E-state index contributed by atoms with van der Waals surface area (Å²) in [7, 11) is 0. The van der Waals surface area contributed by atoms with Crippen molar-refractivity contribution in [2.24, 2.45) is 40.9 Å². The van der Waals surface area contributed by atoms with E-state index in [1.165, 1.54) is 31.1 Å². The Morgan fingerprint density at radius 3 is 2.33 bits per heavy atom. The number of rotatable bonds is 4. The van der Waals surface area contributed by atoms with Crippen LogP contribution in [0.3, 0.4) is 0 Å². The molecule has 3 saturated carbocycles. The van der Waals surface area contributed by atoms with E-state index in [2.05, 4.69) is 27.7 Å². The fourth-order valence-corrected chi connectivity index (χ4v) is 5.32. The average Bonchev–Trinajstić information content (AvgIpc) is 2.58. The van der Waals surface area contributed by atoms with Crippen molar-refractivity contribution in [3.8, 4) is 0 Å². The second-order valence-electron chi connectivity index (χ2n) is 8.48. The minimum atomic E-state index is 0.670. The first-order valence-electron chi connectivity index (χ1n) is 8.51. The van der Waals surface area contributed by atoms with Gasteiger partial charge in [0, 0.05) is 0 Å². The van der Waals surface area contributed by atoms with Gasteiger partial charge in [0.15, 0.2) is 0 Å². The third-order valence-corrected chi connectivity index (χ3v) is 7.23. The molecular weight excluding hydrogens is 216 g/mol. The van der Waals surface area contributed by atoms with E-state index in [-0.39, 0.29) is 0 Å². The van der Waals surface area contributed by atoms with Crippen LogP contribution in [0.4, 0.5) is 0 Å². The summed E-state index contributed by atoms with van der Waals surface area (Å²) in [6, 6.07) is 0. The largest absolute Gasteiger partial charge is 0.0628 e. The van der Waals surface area contributed by atoms with Gasteiger partial charge < -0.3 is 0 Å². The molecular formula is C18H32. The van der Waals surface area contributed by atoms with Crippen LogP contribution in [-0.2, 0) is 0 Å². The van der Waals surface area contributed by atoms with Crippen LogP contribution in [-0.4, -0.2) is 0 Å². The number of hydrogen-bond donors (Lipinski definition) is 0. The first-order chi connectivity index (χ1) is 8.51. The minimum Gasteiger partial charge on any atom is -0.0628 e. The van der Waals surface area contributed by atoms with Gasteiger partial charge in [-0.3, -0.25) is 0 Å². The Bertz CT molecular complexity index is 305. The highest BCUT2D eigenvalue weighted by atomic mass is 14.6. The molecule has 6 unspecified atom stereocenters. The van der Waals surface area contributed by atoms with Gasteiger partial charge in [0.25, 0.3) is 0 Å². The molecule has 3 rings (SSSR count). The summed E-state index contributed by atoms with van der Waals surface area (Å²) < 4.78 is 0. The number of hydrogen-bond acceptors (Lipinski definition) is 0. The van der Waals surface area contributed by atoms with E-state index >= 15 is 0 Å². The zero-order valence-corrected chi connectivity index (χ0v) is 12.9. The summed E-state index contributed by atoms with van der Waals surface area (Å²) in [6.45, 7) is 9.94. The van der Waals surface area contributed by atoms with Crippen LogP contribution in [0.5, 0.6) is 0 Å². The van der Waals surface area contributed by atoms with Gasteiger partial charge in [-0.2, -0.15) is 0 Å². The molecule has 18 heavy (non-hydrogen) atoms. The summed E-state index contributed by atoms with van der Waals surface area (Å²) in [6.07, 6.45) is 10.7. The lowest BCUT2D eigenvalue weighted by Gasteiger charge is -2.57. The Morgan fingerprint density at radius 1 is 1.06 bits per heavy atom. The van der Waals surface area contributed by atoms with Crippen molar-refractivity contribution >= 4 is 0 Å². The van der Waals surface area contributed by atoms with Crippen molar-refractivity contribution < 1.29 is 0 Å². The molecule has 0 spiro atoms. The third-order valence-electron chi connectivity index (χ3n) is 7.23. The van der Waals surface area contributed by atoms with Gasteiger partial charge in [-0.25, -0.2) is 0 Å². The van der Waals surface area contributed by atoms with E-state index in [1.54, 1.807) is 25.7 Å². The predicted octanol–water partition coefficient (Wildman–Crippen LogP) is 5.52. The molecule has 0 bridgehead atoms. The quantitative estimate of drug-likeness (QED) is 0.614. The molecule has 0 heteroatoms. The van der Waals surface area contributed by atoms with E-state index in [4.69, 9.17) is 0 Å².